The number of hydrogen-bond acceptors (Lipinski definition) is 5. The van der Waals surface area contributed by atoms with Crippen LogP contribution in [-0.4, -0.2) is 55.1 Å². The van der Waals surface area contributed by atoms with Crippen molar-refractivity contribution >= 4 is 5.91 Å². The molecule has 6 heteroatoms. The Balaban J connectivity index is 1.67. The molecule has 0 aromatic heterocycles. The number of nitrogens with zero attached hydrogens (tertiary/aromatic N) is 1. The third-order valence-electron chi connectivity index (χ3n) is 4.05. The Morgan fingerprint density at radius 3 is 2.52 bits per heavy atom. The zero-order valence-electron chi connectivity index (χ0n) is 12.0. The van der Waals surface area contributed by atoms with Gasteiger partial charge in [-0.3, -0.25) is 4.79 Å². The van der Waals surface area contributed by atoms with Gasteiger partial charge in [0.25, 0.3) is 5.91 Å². The molecule has 0 radical (unpaired) electrons. The van der Waals surface area contributed by atoms with E-state index in [1.807, 2.05) is 0 Å². The molecule has 0 bridgehead atoms. The van der Waals surface area contributed by atoms with E-state index in [0.29, 0.717) is 50.5 Å². The van der Waals surface area contributed by atoms with Crippen LogP contribution in [0.2, 0.25) is 0 Å². The van der Waals surface area contributed by atoms with Gasteiger partial charge in [0.1, 0.15) is 0 Å². The van der Waals surface area contributed by atoms with E-state index in [2.05, 4.69) is 0 Å². The predicted octanol–water partition coefficient (Wildman–Crippen LogP) is 1.38. The molecule has 2 saturated heterocycles. The highest BCUT2D eigenvalue weighted by Crippen LogP contribution is 2.32. The molecule has 3 rings (SSSR count). The van der Waals surface area contributed by atoms with Gasteiger partial charge in [0.05, 0.1) is 20.3 Å². The number of carbonyl (C=O) groups is 1. The number of phenolic OH excluding ortho intramolecular Hbond substituents is 1. The summed E-state index contributed by atoms with van der Waals surface area (Å²) in [7, 11) is 1.47. The summed E-state index contributed by atoms with van der Waals surface area (Å²) in [6.45, 7) is 2.43. The maximum absolute atomic E-state index is 12.4. The fourth-order valence-electron chi connectivity index (χ4n) is 2.84. The molecule has 0 saturated carbocycles. The largest absolute Gasteiger partial charge is 0.504 e. The lowest BCUT2D eigenvalue weighted by Gasteiger charge is -2.37. The number of phenols is 1. The molecule has 2 aliphatic heterocycles. The van der Waals surface area contributed by atoms with E-state index in [9.17, 15) is 9.90 Å². The first-order valence-electron chi connectivity index (χ1n) is 7.08. The Hall–Kier alpha value is -1.79. The Labute approximate surface area is 123 Å². The molecule has 6 nitrogen and oxygen atoms in total. The minimum absolute atomic E-state index is 0.0284. The minimum atomic E-state index is -0.487. The summed E-state index contributed by atoms with van der Waals surface area (Å²) < 4.78 is 16.3. The van der Waals surface area contributed by atoms with Gasteiger partial charge in [-0.1, -0.05) is 0 Å². The smallest absolute Gasteiger partial charge is 0.253 e. The molecular formula is C15H19NO5. The molecule has 21 heavy (non-hydrogen) atoms. The topological polar surface area (TPSA) is 68.2 Å². The highest BCUT2D eigenvalue weighted by atomic mass is 16.7. The molecule has 0 atom stereocenters. The molecule has 0 aliphatic carbocycles. The van der Waals surface area contributed by atoms with Crippen LogP contribution in [0.4, 0.5) is 0 Å². The van der Waals surface area contributed by atoms with Crippen LogP contribution in [0.3, 0.4) is 0 Å². The van der Waals surface area contributed by atoms with Gasteiger partial charge in [-0.2, -0.15) is 0 Å². The SMILES string of the molecule is COc1ccc(C(=O)N2CCC3(CC2)OCCO3)cc1O. The van der Waals surface area contributed by atoms with Crippen LogP contribution < -0.4 is 4.74 Å². The molecule has 0 unspecified atom stereocenters. The Morgan fingerprint density at radius 1 is 1.29 bits per heavy atom. The second kappa shape index (κ2) is 5.54. The first-order valence-corrected chi connectivity index (χ1v) is 7.08. The highest BCUT2D eigenvalue weighted by Gasteiger charge is 2.40. The zero-order chi connectivity index (χ0) is 14.9. The van der Waals surface area contributed by atoms with Crippen molar-refractivity contribution < 1.29 is 24.1 Å². The van der Waals surface area contributed by atoms with Crippen molar-refractivity contribution in [1.29, 1.82) is 0 Å². The standard InChI is InChI=1S/C15H19NO5/c1-19-13-3-2-11(10-12(13)17)14(18)16-6-4-15(5-7-16)20-8-9-21-15/h2-3,10,17H,4-9H2,1H3. The Bertz CT molecular complexity index is 529. The van der Waals surface area contributed by atoms with Gasteiger partial charge in [-0.05, 0) is 18.2 Å². The molecule has 2 heterocycles. The van der Waals surface area contributed by atoms with Gasteiger partial charge in [0.15, 0.2) is 17.3 Å². The van der Waals surface area contributed by atoms with E-state index >= 15 is 0 Å². The number of amides is 1. The van der Waals surface area contributed by atoms with Gasteiger partial charge in [0, 0.05) is 31.5 Å². The van der Waals surface area contributed by atoms with Crippen molar-refractivity contribution in [2.45, 2.75) is 18.6 Å². The normalized spacial score (nSPS) is 20.7. The first kappa shape index (κ1) is 14.2. The number of benzene rings is 1. The van der Waals surface area contributed by atoms with Crippen molar-refractivity contribution in [1.82, 2.24) is 4.90 Å². The Morgan fingerprint density at radius 2 is 1.95 bits per heavy atom. The van der Waals surface area contributed by atoms with Crippen molar-refractivity contribution in [2.24, 2.45) is 0 Å². The van der Waals surface area contributed by atoms with E-state index in [4.69, 9.17) is 14.2 Å². The van der Waals surface area contributed by atoms with Crippen LogP contribution in [0.1, 0.15) is 23.2 Å². The lowest BCUT2D eigenvalue weighted by atomic mass is 10.0. The van der Waals surface area contributed by atoms with Gasteiger partial charge in [-0.15, -0.1) is 0 Å². The molecule has 114 valence electrons. The number of carbonyl (C=O) groups excluding carboxylic acids is 1. The molecule has 1 spiro atoms. The summed E-state index contributed by atoms with van der Waals surface area (Å²) in [5, 5.41) is 9.77. The van der Waals surface area contributed by atoms with Crippen molar-refractivity contribution in [3.63, 3.8) is 0 Å². The van der Waals surface area contributed by atoms with Crippen LogP contribution in [-0.2, 0) is 9.47 Å². The monoisotopic (exact) mass is 293 g/mol. The maximum atomic E-state index is 12.4. The molecule has 1 aromatic rings. The van der Waals surface area contributed by atoms with Crippen LogP contribution in [0.5, 0.6) is 11.5 Å². The number of methoxy groups -OCH3 is 1. The lowest BCUT2D eigenvalue weighted by Crippen LogP contribution is -2.47. The molecule has 1 amide bonds. The van der Waals surface area contributed by atoms with Gasteiger partial charge < -0.3 is 24.2 Å². The number of piperidine rings is 1. The summed E-state index contributed by atoms with van der Waals surface area (Å²) in [6.07, 6.45) is 1.36. The third-order valence-corrected chi connectivity index (χ3v) is 4.05. The molecule has 2 fully saturated rings. The average Bonchev–Trinajstić information content (AvgIpc) is 2.95. The predicted molar refractivity (Wildman–Crippen MR) is 74.4 cm³/mol. The highest BCUT2D eigenvalue weighted by molar-refractivity contribution is 5.95. The van der Waals surface area contributed by atoms with Gasteiger partial charge in [-0.25, -0.2) is 0 Å². The quantitative estimate of drug-likeness (QED) is 0.892. The number of hydrogen-bond donors (Lipinski definition) is 1. The van der Waals surface area contributed by atoms with Crippen molar-refractivity contribution in [2.75, 3.05) is 33.4 Å². The minimum Gasteiger partial charge on any atom is -0.504 e. The van der Waals surface area contributed by atoms with Gasteiger partial charge in [0.2, 0.25) is 0 Å². The van der Waals surface area contributed by atoms with Crippen LogP contribution >= 0.6 is 0 Å². The fraction of sp³-hybridized carbons (Fsp3) is 0.533. The average molecular weight is 293 g/mol. The van der Waals surface area contributed by atoms with Gasteiger partial charge >= 0.3 is 0 Å². The molecular weight excluding hydrogens is 274 g/mol. The van der Waals surface area contributed by atoms with Crippen molar-refractivity contribution in [3.8, 4) is 11.5 Å². The molecule has 1 aromatic carbocycles. The lowest BCUT2D eigenvalue weighted by molar-refractivity contribution is -0.181. The first-order chi connectivity index (χ1) is 10.1. The number of rotatable bonds is 2. The van der Waals surface area contributed by atoms with Crippen molar-refractivity contribution in [3.05, 3.63) is 23.8 Å². The van der Waals surface area contributed by atoms with E-state index in [1.54, 1.807) is 17.0 Å². The van der Waals surface area contributed by atoms with E-state index in [0.717, 1.165) is 0 Å². The van der Waals surface area contributed by atoms with Crippen LogP contribution in [0, 0.1) is 0 Å². The summed E-state index contributed by atoms with van der Waals surface area (Å²) in [6, 6.07) is 4.69. The molecule has 1 N–H and O–H groups in total. The zero-order valence-corrected chi connectivity index (χ0v) is 12.0. The summed E-state index contributed by atoms with van der Waals surface area (Å²) in [5.41, 5.74) is 0.456. The number of aromatic hydroxyl groups is 1. The Kier molecular flexibility index (Phi) is 3.73. The number of ether oxygens (including phenoxy) is 3. The van der Waals surface area contributed by atoms with E-state index < -0.39 is 5.79 Å². The second-order valence-electron chi connectivity index (χ2n) is 5.29. The maximum Gasteiger partial charge on any atom is 0.253 e. The summed E-state index contributed by atoms with van der Waals surface area (Å²) in [5.74, 6) is -0.254. The summed E-state index contributed by atoms with van der Waals surface area (Å²) in [4.78, 5) is 14.2. The van der Waals surface area contributed by atoms with Crippen LogP contribution in [0.25, 0.3) is 0 Å². The van der Waals surface area contributed by atoms with E-state index in [1.165, 1.54) is 13.2 Å². The van der Waals surface area contributed by atoms with Crippen LogP contribution in [0.15, 0.2) is 18.2 Å². The van der Waals surface area contributed by atoms with E-state index in [-0.39, 0.29) is 11.7 Å². The molecule has 2 aliphatic rings. The summed E-state index contributed by atoms with van der Waals surface area (Å²) >= 11 is 0. The second-order valence-corrected chi connectivity index (χ2v) is 5.29. The fourth-order valence-corrected chi connectivity index (χ4v) is 2.84. The number of likely N-dealkylation sites (tertiary alicyclic amines) is 1. The third kappa shape index (κ3) is 2.69.